The van der Waals surface area contributed by atoms with Crippen molar-refractivity contribution < 1.29 is 5.11 Å². The molecule has 0 amide bonds. The average molecular weight is 279 g/mol. The molecule has 0 fully saturated rings. The molecule has 19 heavy (non-hydrogen) atoms. The fourth-order valence-electron chi connectivity index (χ4n) is 2.59. The molecule has 106 valence electrons. The Bertz CT molecular complexity index is 380. The average Bonchev–Trinajstić information content (AvgIpc) is 2.78. The molecule has 2 N–H and O–H groups in total. The summed E-state index contributed by atoms with van der Waals surface area (Å²) in [7, 11) is 0. The van der Waals surface area contributed by atoms with Crippen LogP contribution in [0.25, 0.3) is 0 Å². The number of thioether (sulfide) groups is 1. The number of hydrogen-bond acceptors (Lipinski definition) is 3. The van der Waals surface area contributed by atoms with Crippen LogP contribution in [0.4, 0.5) is 0 Å². The van der Waals surface area contributed by atoms with E-state index in [0.29, 0.717) is 11.9 Å². The van der Waals surface area contributed by atoms with Crippen LogP contribution in [0.1, 0.15) is 32.3 Å². The third kappa shape index (κ3) is 4.51. The monoisotopic (exact) mass is 279 g/mol. The van der Waals surface area contributed by atoms with Crippen molar-refractivity contribution in [3.63, 3.8) is 0 Å². The van der Waals surface area contributed by atoms with E-state index in [9.17, 15) is 0 Å². The lowest BCUT2D eigenvalue weighted by molar-refractivity contribution is 0.237. The molecule has 0 radical (unpaired) electrons. The van der Waals surface area contributed by atoms with E-state index in [1.165, 1.54) is 16.9 Å². The summed E-state index contributed by atoms with van der Waals surface area (Å²) in [4.78, 5) is 1.45. The Labute approximate surface area is 121 Å². The van der Waals surface area contributed by atoms with E-state index in [4.69, 9.17) is 5.11 Å². The van der Waals surface area contributed by atoms with Crippen molar-refractivity contribution in [2.45, 2.75) is 43.3 Å². The maximum Gasteiger partial charge on any atom is 0.0431 e. The van der Waals surface area contributed by atoms with Gasteiger partial charge in [0.05, 0.1) is 0 Å². The molecule has 1 atom stereocenters. The molecular weight excluding hydrogens is 254 g/mol. The number of nitrogens with one attached hydrogen (secondary N) is 1. The van der Waals surface area contributed by atoms with Crippen molar-refractivity contribution in [1.29, 1.82) is 0 Å². The Morgan fingerprint density at radius 2 is 2.16 bits per heavy atom. The van der Waals surface area contributed by atoms with E-state index in [1.54, 1.807) is 0 Å². The molecule has 1 aromatic rings. The molecule has 0 spiro atoms. The minimum Gasteiger partial charge on any atom is -0.396 e. The van der Waals surface area contributed by atoms with Gasteiger partial charge < -0.3 is 10.4 Å². The first-order valence-electron chi connectivity index (χ1n) is 7.17. The zero-order valence-corrected chi connectivity index (χ0v) is 12.8. The molecule has 1 aliphatic heterocycles. The Balaban J connectivity index is 1.71. The van der Waals surface area contributed by atoms with E-state index in [1.807, 2.05) is 11.8 Å². The molecule has 2 rings (SSSR count). The zero-order valence-electron chi connectivity index (χ0n) is 12.0. The van der Waals surface area contributed by atoms with Gasteiger partial charge >= 0.3 is 0 Å². The van der Waals surface area contributed by atoms with Gasteiger partial charge in [-0.05, 0) is 36.3 Å². The maximum atomic E-state index is 8.90. The van der Waals surface area contributed by atoms with Crippen LogP contribution >= 0.6 is 11.8 Å². The highest BCUT2D eigenvalue weighted by Gasteiger charge is 2.22. The van der Waals surface area contributed by atoms with Crippen molar-refractivity contribution in [3.05, 3.63) is 29.8 Å². The summed E-state index contributed by atoms with van der Waals surface area (Å²) in [6.07, 6.45) is 3.16. The van der Waals surface area contributed by atoms with E-state index in [0.717, 1.165) is 25.9 Å². The Morgan fingerprint density at radius 1 is 1.37 bits per heavy atom. The number of aliphatic hydroxyl groups excluding tert-OH is 1. The standard InChI is InChI=1S/C16H25NOS/c1-16(2,8-5-9-18)12-17-11-14-10-13-6-3-4-7-15(13)19-14/h3-4,6-7,14,17-18H,5,8-12H2,1-2H3. The SMILES string of the molecule is CC(C)(CCCO)CNCC1Cc2ccccc2S1. The fourth-order valence-corrected chi connectivity index (χ4v) is 3.87. The number of rotatable bonds is 7. The van der Waals surface area contributed by atoms with E-state index < -0.39 is 0 Å². The van der Waals surface area contributed by atoms with Crippen molar-refractivity contribution >= 4 is 11.8 Å². The lowest BCUT2D eigenvalue weighted by Crippen LogP contribution is -2.33. The van der Waals surface area contributed by atoms with Gasteiger partial charge in [0.15, 0.2) is 0 Å². The topological polar surface area (TPSA) is 32.3 Å². The van der Waals surface area contributed by atoms with Crippen molar-refractivity contribution in [3.8, 4) is 0 Å². The molecule has 1 aromatic carbocycles. The molecule has 0 aliphatic carbocycles. The summed E-state index contributed by atoms with van der Waals surface area (Å²) >= 11 is 2.00. The van der Waals surface area contributed by atoms with Crippen LogP contribution in [0.3, 0.4) is 0 Å². The summed E-state index contributed by atoms with van der Waals surface area (Å²) in [6.45, 7) is 6.94. The molecule has 1 aliphatic rings. The van der Waals surface area contributed by atoms with Crippen LogP contribution < -0.4 is 5.32 Å². The van der Waals surface area contributed by atoms with Gasteiger partial charge in [0.25, 0.3) is 0 Å². The maximum absolute atomic E-state index is 8.90. The van der Waals surface area contributed by atoms with Gasteiger partial charge in [-0.1, -0.05) is 32.0 Å². The Hall–Kier alpha value is -0.510. The van der Waals surface area contributed by atoms with Gasteiger partial charge in [-0.3, -0.25) is 0 Å². The minimum atomic E-state index is 0.277. The Kier molecular flexibility index (Phi) is 5.31. The number of hydrogen-bond donors (Lipinski definition) is 2. The third-order valence-electron chi connectivity index (χ3n) is 3.70. The second kappa shape index (κ2) is 6.78. The molecule has 3 heteroatoms. The highest BCUT2D eigenvalue weighted by Crippen LogP contribution is 2.36. The summed E-state index contributed by atoms with van der Waals surface area (Å²) in [6, 6.07) is 8.73. The minimum absolute atomic E-state index is 0.277. The summed E-state index contributed by atoms with van der Waals surface area (Å²) < 4.78 is 0. The fraction of sp³-hybridized carbons (Fsp3) is 0.625. The molecular formula is C16H25NOS. The quantitative estimate of drug-likeness (QED) is 0.804. The van der Waals surface area contributed by atoms with Crippen LogP contribution in [0.5, 0.6) is 0 Å². The summed E-state index contributed by atoms with van der Waals surface area (Å²) in [5.74, 6) is 0. The summed E-state index contributed by atoms with van der Waals surface area (Å²) in [5.41, 5.74) is 1.78. The van der Waals surface area contributed by atoms with Crippen molar-refractivity contribution in [2.75, 3.05) is 19.7 Å². The first kappa shape index (κ1) is 14.9. The van der Waals surface area contributed by atoms with Gasteiger partial charge in [-0.15, -0.1) is 11.8 Å². The molecule has 1 heterocycles. The van der Waals surface area contributed by atoms with E-state index >= 15 is 0 Å². The predicted octanol–water partition coefficient (Wildman–Crippen LogP) is 3.09. The van der Waals surface area contributed by atoms with E-state index in [2.05, 4.69) is 43.4 Å². The van der Waals surface area contributed by atoms with Crippen LogP contribution in [0.15, 0.2) is 29.2 Å². The summed E-state index contributed by atoms with van der Waals surface area (Å²) in [5, 5.41) is 13.2. The van der Waals surface area contributed by atoms with Crippen LogP contribution in [-0.2, 0) is 6.42 Å². The molecule has 0 aromatic heterocycles. The van der Waals surface area contributed by atoms with E-state index in [-0.39, 0.29) is 5.41 Å². The lowest BCUT2D eigenvalue weighted by Gasteiger charge is -2.25. The van der Waals surface area contributed by atoms with Crippen molar-refractivity contribution in [1.82, 2.24) is 5.32 Å². The first-order chi connectivity index (χ1) is 9.11. The molecule has 0 bridgehead atoms. The Morgan fingerprint density at radius 3 is 2.89 bits per heavy atom. The van der Waals surface area contributed by atoms with Crippen LogP contribution in [0.2, 0.25) is 0 Å². The number of fused-ring (bicyclic) bond motifs is 1. The second-order valence-corrected chi connectivity index (χ2v) is 7.52. The highest BCUT2D eigenvalue weighted by atomic mass is 32.2. The van der Waals surface area contributed by atoms with Crippen LogP contribution in [-0.4, -0.2) is 30.1 Å². The first-order valence-corrected chi connectivity index (χ1v) is 8.05. The zero-order chi connectivity index (χ0) is 13.7. The smallest absolute Gasteiger partial charge is 0.0431 e. The van der Waals surface area contributed by atoms with Gasteiger partial charge in [0.1, 0.15) is 0 Å². The molecule has 0 saturated heterocycles. The van der Waals surface area contributed by atoms with Gasteiger partial charge in [0, 0.05) is 29.8 Å². The largest absolute Gasteiger partial charge is 0.396 e. The van der Waals surface area contributed by atoms with Gasteiger partial charge in [0.2, 0.25) is 0 Å². The molecule has 2 nitrogen and oxygen atoms in total. The second-order valence-electron chi connectivity index (χ2n) is 6.17. The molecule has 1 unspecified atom stereocenters. The number of benzene rings is 1. The normalized spacial score (nSPS) is 18.6. The van der Waals surface area contributed by atoms with Gasteiger partial charge in [-0.25, -0.2) is 0 Å². The molecule has 0 saturated carbocycles. The van der Waals surface area contributed by atoms with Crippen LogP contribution in [0, 0.1) is 5.41 Å². The van der Waals surface area contributed by atoms with Gasteiger partial charge in [-0.2, -0.15) is 0 Å². The lowest BCUT2D eigenvalue weighted by atomic mass is 9.88. The van der Waals surface area contributed by atoms with Crippen molar-refractivity contribution in [2.24, 2.45) is 5.41 Å². The number of aliphatic hydroxyl groups is 1. The highest BCUT2D eigenvalue weighted by molar-refractivity contribution is 8.00. The predicted molar refractivity (Wildman–Crippen MR) is 82.8 cm³/mol. The third-order valence-corrected chi connectivity index (χ3v) is 5.02.